The average molecular weight is 431 g/mol. The molecule has 0 saturated heterocycles. The minimum absolute atomic E-state index is 0.0365. The lowest BCUT2D eigenvalue weighted by molar-refractivity contribution is -0.124. The third-order valence-electron chi connectivity index (χ3n) is 6.25. The second kappa shape index (κ2) is 9.99. The van der Waals surface area contributed by atoms with Crippen LogP contribution < -0.4 is 10.2 Å². The van der Waals surface area contributed by atoms with Crippen molar-refractivity contribution >= 4 is 23.0 Å². The highest BCUT2D eigenvalue weighted by molar-refractivity contribution is 6.01. The summed E-state index contributed by atoms with van der Waals surface area (Å²) in [6.07, 6.45) is 5.52. The number of fused-ring (bicyclic) bond motifs is 2. The highest BCUT2D eigenvalue weighted by Gasteiger charge is 2.36. The first-order valence-electron chi connectivity index (χ1n) is 11.7. The highest BCUT2D eigenvalue weighted by atomic mass is 19.1. The lowest BCUT2D eigenvalue weighted by Gasteiger charge is -2.41. The summed E-state index contributed by atoms with van der Waals surface area (Å²) in [7, 11) is 0. The fourth-order valence-electron chi connectivity index (χ4n) is 4.44. The summed E-state index contributed by atoms with van der Waals surface area (Å²) in [6, 6.07) is 21.3. The summed E-state index contributed by atoms with van der Waals surface area (Å²) in [5.74, 6) is -0.262. The maximum absolute atomic E-state index is 15.3. The van der Waals surface area contributed by atoms with Gasteiger partial charge >= 0.3 is 0 Å². The number of carbonyl (C=O) groups excluding carboxylic acids is 1. The predicted octanol–water partition coefficient (Wildman–Crippen LogP) is 7.50. The maximum Gasteiger partial charge on any atom is 0.223 e. The minimum Gasteiger partial charge on any atom is -0.352 e. The Bertz CT molecular complexity index is 1070. The van der Waals surface area contributed by atoms with Gasteiger partial charge in [0.25, 0.3) is 0 Å². The fraction of sp³-hybridized carbons (Fsp3) is 0.321. The molecule has 1 N–H and O–H groups in total. The van der Waals surface area contributed by atoms with E-state index in [1.807, 2.05) is 72.5 Å². The quantitative estimate of drug-likeness (QED) is 0.264. The van der Waals surface area contributed by atoms with Gasteiger partial charge in [-0.25, -0.2) is 4.39 Å². The van der Waals surface area contributed by atoms with Crippen LogP contribution >= 0.6 is 0 Å². The monoisotopic (exact) mass is 430 g/mol. The second-order valence-electron chi connectivity index (χ2n) is 8.59. The van der Waals surface area contributed by atoms with Crippen LogP contribution in [0.2, 0.25) is 0 Å². The van der Waals surface area contributed by atoms with Crippen LogP contribution in [0.1, 0.15) is 51.5 Å². The van der Waals surface area contributed by atoms with Gasteiger partial charge in [0.15, 0.2) is 0 Å². The Labute approximate surface area is 190 Å². The molecular weight excluding hydrogens is 399 g/mol. The van der Waals surface area contributed by atoms with Crippen LogP contribution in [0, 0.1) is 11.7 Å². The number of rotatable bonds is 10. The van der Waals surface area contributed by atoms with Crippen LogP contribution in [0.4, 0.5) is 21.5 Å². The molecule has 4 rings (SSSR count). The second-order valence-corrected chi connectivity index (χ2v) is 8.59. The van der Waals surface area contributed by atoms with Gasteiger partial charge in [-0.3, -0.25) is 4.79 Å². The van der Waals surface area contributed by atoms with Crippen molar-refractivity contribution in [2.75, 3.05) is 4.90 Å². The Hall–Kier alpha value is -3.14. The largest absolute Gasteiger partial charge is 0.352 e. The molecule has 32 heavy (non-hydrogen) atoms. The molecular formula is C28H31FN2O. The molecule has 0 saturated carbocycles. The van der Waals surface area contributed by atoms with Gasteiger partial charge in [-0.1, -0.05) is 88.1 Å². The molecule has 3 aromatic rings. The van der Waals surface area contributed by atoms with Gasteiger partial charge in [-0.05, 0) is 30.2 Å². The van der Waals surface area contributed by atoms with Gasteiger partial charge < -0.3 is 10.2 Å². The van der Waals surface area contributed by atoms with E-state index in [-0.39, 0.29) is 17.6 Å². The minimum atomic E-state index is -0.264. The Morgan fingerprint density at radius 2 is 1.66 bits per heavy atom. The van der Waals surface area contributed by atoms with Crippen LogP contribution in [0.3, 0.4) is 0 Å². The van der Waals surface area contributed by atoms with Crippen molar-refractivity contribution in [2.45, 2.75) is 52.5 Å². The van der Waals surface area contributed by atoms with E-state index in [0.29, 0.717) is 12.2 Å². The van der Waals surface area contributed by atoms with Crippen molar-refractivity contribution in [1.29, 1.82) is 0 Å². The molecule has 0 aromatic heterocycles. The molecule has 0 radical (unpaired) electrons. The van der Waals surface area contributed by atoms with E-state index in [0.717, 1.165) is 40.9 Å². The van der Waals surface area contributed by atoms with Gasteiger partial charge in [0.2, 0.25) is 5.91 Å². The van der Waals surface area contributed by atoms with Crippen molar-refractivity contribution in [1.82, 2.24) is 5.32 Å². The standard InChI is InChI=1S/C28H31FN2O/c1-3-4-5-8-13-20(2)28(32)30-19-24-26-23(21-14-9-6-10-15-21)18-25(29)27(24)31(26)22-16-11-7-12-17-22/h6-7,9-12,14-18,20H,3-5,8,13,19H2,1-2H3,(H,30,32). The van der Waals surface area contributed by atoms with Gasteiger partial charge in [0, 0.05) is 29.3 Å². The van der Waals surface area contributed by atoms with E-state index in [1.165, 1.54) is 19.3 Å². The fourth-order valence-corrected chi connectivity index (χ4v) is 4.44. The molecule has 1 heterocycles. The molecule has 1 atom stereocenters. The van der Waals surface area contributed by atoms with Crippen LogP contribution in [0.15, 0.2) is 66.7 Å². The summed E-state index contributed by atoms with van der Waals surface area (Å²) < 4.78 is 15.3. The number of nitrogens with zero attached hydrogens (tertiary/aromatic N) is 1. The summed E-state index contributed by atoms with van der Waals surface area (Å²) in [4.78, 5) is 14.6. The molecule has 1 aliphatic heterocycles. The number of carbonyl (C=O) groups is 1. The van der Waals surface area contributed by atoms with Gasteiger partial charge in [0.05, 0.1) is 11.4 Å². The molecule has 166 valence electrons. The molecule has 4 heteroatoms. The van der Waals surface area contributed by atoms with E-state index in [1.54, 1.807) is 6.07 Å². The van der Waals surface area contributed by atoms with Crippen molar-refractivity contribution in [2.24, 2.45) is 5.92 Å². The summed E-state index contributed by atoms with van der Waals surface area (Å²) >= 11 is 0. The Morgan fingerprint density at radius 3 is 2.34 bits per heavy atom. The molecule has 3 aromatic carbocycles. The SMILES string of the molecule is CCCCCCC(C)C(=O)NCc1c2c(F)cc(-c3ccccc3)c1N2c1ccccc1. The number of para-hydroxylation sites is 1. The number of hydrogen-bond donors (Lipinski definition) is 1. The zero-order valence-corrected chi connectivity index (χ0v) is 18.9. The Kier molecular flexibility index (Phi) is 6.89. The van der Waals surface area contributed by atoms with Crippen LogP contribution in [-0.4, -0.2) is 5.91 Å². The van der Waals surface area contributed by atoms with Gasteiger partial charge in [0.1, 0.15) is 5.82 Å². The number of unbranched alkanes of at least 4 members (excludes halogenated alkanes) is 3. The molecule has 0 fully saturated rings. The zero-order valence-electron chi connectivity index (χ0n) is 18.9. The molecule has 0 aliphatic carbocycles. The summed E-state index contributed by atoms with van der Waals surface area (Å²) in [5.41, 5.74) is 5.12. The van der Waals surface area contributed by atoms with E-state index in [9.17, 15) is 4.79 Å². The number of benzene rings is 3. The number of anilines is 3. The van der Waals surface area contributed by atoms with Gasteiger partial charge in [-0.2, -0.15) is 0 Å². The third-order valence-corrected chi connectivity index (χ3v) is 6.25. The highest BCUT2D eigenvalue weighted by Crippen LogP contribution is 2.55. The lowest BCUT2D eigenvalue weighted by Crippen LogP contribution is -2.33. The average Bonchev–Trinajstić information content (AvgIpc) is 2.82. The first kappa shape index (κ1) is 22.1. The zero-order chi connectivity index (χ0) is 22.5. The van der Waals surface area contributed by atoms with E-state index < -0.39 is 0 Å². The van der Waals surface area contributed by atoms with E-state index >= 15 is 4.39 Å². The Balaban J connectivity index is 1.58. The smallest absolute Gasteiger partial charge is 0.223 e. The van der Waals surface area contributed by atoms with Crippen LogP contribution in [0.5, 0.6) is 0 Å². The first-order valence-corrected chi connectivity index (χ1v) is 11.7. The topological polar surface area (TPSA) is 32.3 Å². The number of halogens is 1. The number of amides is 1. The number of hydrogen-bond acceptors (Lipinski definition) is 2. The number of nitrogens with one attached hydrogen (secondary N) is 1. The van der Waals surface area contributed by atoms with Crippen LogP contribution in [-0.2, 0) is 11.3 Å². The molecule has 0 spiro atoms. The summed E-state index contributed by atoms with van der Waals surface area (Å²) in [6.45, 7) is 4.50. The predicted molar refractivity (Wildman–Crippen MR) is 130 cm³/mol. The molecule has 1 amide bonds. The maximum atomic E-state index is 15.3. The lowest BCUT2D eigenvalue weighted by atomic mass is 9.89. The summed E-state index contributed by atoms with van der Waals surface area (Å²) in [5, 5.41) is 3.07. The third kappa shape index (κ3) is 4.40. The van der Waals surface area contributed by atoms with Crippen LogP contribution in [0.25, 0.3) is 11.1 Å². The Morgan fingerprint density at radius 1 is 0.969 bits per heavy atom. The van der Waals surface area contributed by atoms with Crippen molar-refractivity contribution in [3.63, 3.8) is 0 Å². The van der Waals surface area contributed by atoms with Crippen molar-refractivity contribution in [3.05, 3.63) is 78.1 Å². The molecule has 2 bridgehead atoms. The first-order chi connectivity index (χ1) is 15.6. The van der Waals surface area contributed by atoms with E-state index in [4.69, 9.17) is 0 Å². The van der Waals surface area contributed by atoms with Crippen molar-refractivity contribution < 1.29 is 9.18 Å². The normalized spacial score (nSPS) is 12.9. The van der Waals surface area contributed by atoms with Crippen molar-refractivity contribution in [3.8, 4) is 11.1 Å². The van der Waals surface area contributed by atoms with E-state index in [2.05, 4.69) is 12.2 Å². The molecule has 3 nitrogen and oxygen atoms in total. The molecule has 1 unspecified atom stereocenters. The van der Waals surface area contributed by atoms with Gasteiger partial charge in [-0.15, -0.1) is 0 Å². The molecule has 1 aliphatic rings.